The molecule has 0 N–H and O–H groups in total. The Morgan fingerprint density at radius 2 is 1.93 bits per heavy atom. The van der Waals surface area contributed by atoms with Crippen molar-refractivity contribution in [3.8, 4) is 11.6 Å². The maximum absolute atomic E-state index is 14.5. The van der Waals surface area contributed by atoms with Gasteiger partial charge in [-0.15, -0.1) is 0 Å². The number of rotatable bonds is 5. The number of halogens is 1. The normalized spacial score (nSPS) is 18.8. The monoisotopic (exact) mass is 388 g/mol. The van der Waals surface area contributed by atoms with Crippen LogP contribution in [0.15, 0.2) is 18.5 Å². The third-order valence-corrected chi connectivity index (χ3v) is 5.26. The quantitative estimate of drug-likeness (QED) is 0.780. The zero-order valence-electron chi connectivity index (χ0n) is 16.2. The molecule has 0 saturated carbocycles. The number of aromatic nitrogens is 3. The third kappa shape index (κ3) is 4.23. The fourth-order valence-corrected chi connectivity index (χ4v) is 3.57. The molecule has 0 amide bonds. The second kappa shape index (κ2) is 8.36. The molecule has 4 heterocycles. The van der Waals surface area contributed by atoms with E-state index in [0.717, 1.165) is 37.3 Å². The van der Waals surface area contributed by atoms with E-state index in [0.29, 0.717) is 37.1 Å². The Kier molecular flexibility index (Phi) is 5.68. The molecule has 2 aromatic heterocycles. The van der Waals surface area contributed by atoms with Crippen LogP contribution in [0.25, 0.3) is 0 Å². The van der Waals surface area contributed by atoms with Crippen molar-refractivity contribution in [1.29, 1.82) is 0 Å². The van der Waals surface area contributed by atoms with Crippen molar-refractivity contribution in [2.24, 2.45) is 0 Å². The molecular weight excluding hydrogens is 363 g/mol. The molecule has 2 aliphatic rings. The first kappa shape index (κ1) is 19.0. The van der Waals surface area contributed by atoms with Gasteiger partial charge in [0.05, 0.1) is 24.4 Å². The number of piperidine rings is 1. The number of ether oxygens (including phenoxy) is 3. The second-order valence-corrected chi connectivity index (χ2v) is 7.22. The maximum Gasteiger partial charge on any atom is 0.257 e. The van der Waals surface area contributed by atoms with Gasteiger partial charge in [0.1, 0.15) is 24.9 Å². The van der Waals surface area contributed by atoms with Crippen LogP contribution in [0.2, 0.25) is 0 Å². The van der Waals surface area contributed by atoms with Gasteiger partial charge in [0.2, 0.25) is 0 Å². The number of likely N-dealkylation sites (tertiary alicyclic amines) is 1. The van der Waals surface area contributed by atoms with Crippen LogP contribution in [0.1, 0.15) is 42.9 Å². The Bertz CT molecular complexity index is 810. The zero-order valence-corrected chi connectivity index (χ0v) is 16.2. The van der Waals surface area contributed by atoms with E-state index in [2.05, 4.69) is 19.9 Å². The van der Waals surface area contributed by atoms with Crippen molar-refractivity contribution in [3.05, 3.63) is 41.4 Å². The fraction of sp³-hybridized carbons (Fsp3) is 0.550. The van der Waals surface area contributed by atoms with Crippen LogP contribution in [0.4, 0.5) is 4.39 Å². The molecule has 1 saturated heterocycles. The number of aryl methyl sites for hydroxylation is 1. The van der Waals surface area contributed by atoms with Gasteiger partial charge in [0.15, 0.2) is 5.75 Å². The van der Waals surface area contributed by atoms with E-state index in [9.17, 15) is 4.39 Å². The summed E-state index contributed by atoms with van der Waals surface area (Å²) >= 11 is 0. The topological polar surface area (TPSA) is 69.6 Å². The molecule has 0 spiro atoms. The molecule has 28 heavy (non-hydrogen) atoms. The van der Waals surface area contributed by atoms with Gasteiger partial charge in [0.25, 0.3) is 5.88 Å². The van der Waals surface area contributed by atoms with Gasteiger partial charge in [0, 0.05) is 37.1 Å². The molecule has 0 aliphatic carbocycles. The summed E-state index contributed by atoms with van der Waals surface area (Å²) in [6.07, 6.45) is 5.57. The molecule has 0 bridgehead atoms. The van der Waals surface area contributed by atoms with Crippen LogP contribution in [-0.4, -0.2) is 52.3 Å². The minimum Gasteiger partial charge on any atom is -0.484 e. The van der Waals surface area contributed by atoms with Crippen molar-refractivity contribution in [1.82, 2.24) is 19.9 Å². The third-order valence-electron chi connectivity index (χ3n) is 5.26. The van der Waals surface area contributed by atoms with Gasteiger partial charge in [-0.05, 0) is 26.7 Å². The van der Waals surface area contributed by atoms with Crippen molar-refractivity contribution >= 4 is 0 Å². The standard InChI is InChI=1S/C20H25FN4O3/c1-13(19-17(21)9-18-20(24-19)27-8-7-26-18)25-5-3-16(4-6-25)28-12-15-10-22-14(2)23-11-15/h9-11,13,16H,3-8,12H2,1-2H3/t13-/m0/s1. The molecule has 0 unspecified atom stereocenters. The van der Waals surface area contributed by atoms with E-state index in [1.165, 1.54) is 6.07 Å². The summed E-state index contributed by atoms with van der Waals surface area (Å²) in [6.45, 7) is 6.86. The molecule has 2 aromatic rings. The molecule has 0 radical (unpaired) electrons. The summed E-state index contributed by atoms with van der Waals surface area (Å²) in [6, 6.07) is 1.24. The van der Waals surface area contributed by atoms with Crippen LogP contribution in [0, 0.1) is 12.7 Å². The maximum atomic E-state index is 14.5. The van der Waals surface area contributed by atoms with Gasteiger partial charge in [-0.2, -0.15) is 0 Å². The van der Waals surface area contributed by atoms with Crippen LogP contribution in [0.5, 0.6) is 11.6 Å². The minimum absolute atomic E-state index is 0.137. The Morgan fingerprint density at radius 3 is 2.68 bits per heavy atom. The molecule has 1 atom stereocenters. The second-order valence-electron chi connectivity index (χ2n) is 7.22. The molecule has 8 heteroatoms. The Hall–Kier alpha value is -2.32. The molecule has 7 nitrogen and oxygen atoms in total. The molecule has 0 aromatic carbocycles. The van der Waals surface area contributed by atoms with Crippen LogP contribution in [0.3, 0.4) is 0 Å². The lowest BCUT2D eigenvalue weighted by Gasteiger charge is -2.36. The van der Waals surface area contributed by atoms with E-state index in [-0.39, 0.29) is 18.0 Å². The number of fused-ring (bicyclic) bond motifs is 1. The fourth-order valence-electron chi connectivity index (χ4n) is 3.57. The summed E-state index contributed by atoms with van der Waals surface area (Å²) in [4.78, 5) is 15.0. The highest BCUT2D eigenvalue weighted by Gasteiger charge is 2.28. The van der Waals surface area contributed by atoms with Crippen molar-refractivity contribution < 1.29 is 18.6 Å². The predicted octanol–water partition coefficient (Wildman–Crippen LogP) is 2.83. The molecular formula is C20H25FN4O3. The van der Waals surface area contributed by atoms with E-state index >= 15 is 0 Å². The van der Waals surface area contributed by atoms with Crippen LogP contribution < -0.4 is 9.47 Å². The van der Waals surface area contributed by atoms with Gasteiger partial charge >= 0.3 is 0 Å². The molecule has 1 fully saturated rings. The molecule has 150 valence electrons. The van der Waals surface area contributed by atoms with Crippen LogP contribution >= 0.6 is 0 Å². The summed E-state index contributed by atoms with van der Waals surface area (Å²) in [5.74, 6) is 1.17. The summed E-state index contributed by atoms with van der Waals surface area (Å²) in [5, 5.41) is 0. The number of hydrogen-bond donors (Lipinski definition) is 0. The minimum atomic E-state index is -0.352. The lowest BCUT2D eigenvalue weighted by atomic mass is 10.0. The number of hydrogen-bond acceptors (Lipinski definition) is 7. The lowest BCUT2D eigenvalue weighted by Crippen LogP contribution is -2.39. The first-order chi connectivity index (χ1) is 13.6. The van der Waals surface area contributed by atoms with E-state index in [1.54, 1.807) is 12.4 Å². The summed E-state index contributed by atoms with van der Waals surface area (Å²) in [7, 11) is 0. The zero-order chi connectivity index (χ0) is 19.5. The van der Waals surface area contributed by atoms with Gasteiger partial charge in [-0.1, -0.05) is 0 Å². The predicted molar refractivity (Wildman–Crippen MR) is 99.8 cm³/mol. The van der Waals surface area contributed by atoms with Crippen LogP contribution in [-0.2, 0) is 11.3 Å². The lowest BCUT2D eigenvalue weighted by molar-refractivity contribution is -0.0107. The summed E-state index contributed by atoms with van der Waals surface area (Å²) < 4.78 is 31.4. The first-order valence-corrected chi connectivity index (χ1v) is 9.69. The number of nitrogens with zero attached hydrogens (tertiary/aromatic N) is 4. The SMILES string of the molecule is Cc1ncc(COC2CCN([C@@H](C)c3nc4c(cc3F)OCCO4)CC2)cn1. The average Bonchev–Trinajstić information content (AvgIpc) is 2.73. The first-order valence-electron chi connectivity index (χ1n) is 9.69. The Balaban J connectivity index is 1.32. The summed E-state index contributed by atoms with van der Waals surface area (Å²) in [5.41, 5.74) is 1.38. The highest BCUT2D eigenvalue weighted by molar-refractivity contribution is 5.37. The van der Waals surface area contributed by atoms with Crippen molar-refractivity contribution in [2.75, 3.05) is 26.3 Å². The smallest absolute Gasteiger partial charge is 0.257 e. The number of pyridine rings is 1. The van der Waals surface area contributed by atoms with Crippen molar-refractivity contribution in [3.63, 3.8) is 0 Å². The Morgan fingerprint density at radius 1 is 1.21 bits per heavy atom. The van der Waals surface area contributed by atoms with E-state index in [1.807, 2.05) is 13.8 Å². The van der Waals surface area contributed by atoms with E-state index in [4.69, 9.17) is 14.2 Å². The molecule has 4 rings (SSSR count). The molecule has 2 aliphatic heterocycles. The largest absolute Gasteiger partial charge is 0.484 e. The highest BCUT2D eigenvalue weighted by atomic mass is 19.1. The highest BCUT2D eigenvalue weighted by Crippen LogP contribution is 2.33. The van der Waals surface area contributed by atoms with E-state index < -0.39 is 0 Å². The van der Waals surface area contributed by atoms with Gasteiger partial charge < -0.3 is 14.2 Å². The van der Waals surface area contributed by atoms with Crippen molar-refractivity contribution in [2.45, 2.75) is 45.4 Å². The van der Waals surface area contributed by atoms with Gasteiger partial charge in [-0.25, -0.2) is 19.3 Å². The average molecular weight is 388 g/mol. The Labute approximate surface area is 163 Å². The van der Waals surface area contributed by atoms with Gasteiger partial charge in [-0.3, -0.25) is 4.90 Å².